The van der Waals surface area contributed by atoms with E-state index in [9.17, 15) is 9.59 Å². The van der Waals surface area contributed by atoms with Crippen molar-refractivity contribution < 1.29 is 19.4 Å². The van der Waals surface area contributed by atoms with E-state index in [4.69, 9.17) is 9.84 Å². The number of rotatable bonds is 5. The molecular weight excluding hydrogens is 260 g/mol. The molecule has 1 heterocycles. The minimum atomic E-state index is -1.16. The first kappa shape index (κ1) is 16.1. The highest BCUT2D eigenvalue weighted by Gasteiger charge is 2.25. The number of carbonyl (C=O) groups excluding carboxylic acids is 1. The number of hydrogen-bond donors (Lipinski definition) is 2. The summed E-state index contributed by atoms with van der Waals surface area (Å²) in [5.41, 5.74) is -0.191. The maximum absolute atomic E-state index is 11.9. The molecule has 1 amide bonds. The number of hydrogen-bond acceptors (Lipinski definition) is 4. The lowest BCUT2D eigenvalue weighted by atomic mass is 9.89. The van der Waals surface area contributed by atoms with Gasteiger partial charge in [-0.3, -0.25) is 4.79 Å². The van der Waals surface area contributed by atoms with Crippen molar-refractivity contribution in [3.05, 3.63) is 29.6 Å². The molecule has 1 aromatic rings. The smallest absolute Gasteiger partial charge is 0.354 e. The first-order valence-electron chi connectivity index (χ1n) is 6.27. The van der Waals surface area contributed by atoms with Crippen LogP contribution in [-0.2, 0) is 4.74 Å². The molecule has 0 spiro atoms. The van der Waals surface area contributed by atoms with E-state index in [-0.39, 0.29) is 22.9 Å². The van der Waals surface area contributed by atoms with Gasteiger partial charge in [0.15, 0.2) is 0 Å². The number of carboxylic acids is 1. The van der Waals surface area contributed by atoms with Crippen molar-refractivity contribution in [2.75, 3.05) is 13.7 Å². The zero-order valence-corrected chi connectivity index (χ0v) is 12.1. The van der Waals surface area contributed by atoms with E-state index in [0.717, 1.165) is 0 Å². The first-order chi connectivity index (χ1) is 9.25. The summed E-state index contributed by atoms with van der Waals surface area (Å²) in [4.78, 5) is 26.5. The van der Waals surface area contributed by atoms with E-state index < -0.39 is 11.9 Å². The average Bonchev–Trinajstić information content (AvgIpc) is 2.37. The zero-order valence-electron chi connectivity index (χ0n) is 12.1. The third-order valence-electron chi connectivity index (χ3n) is 2.90. The van der Waals surface area contributed by atoms with E-state index >= 15 is 0 Å². The molecule has 0 saturated heterocycles. The van der Waals surface area contributed by atoms with Crippen LogP contribution in [0, 0.1) is 5.41 Å². The van der Waals surface area contributed by atoms with E-state index in [1.807, 2.05) is 20.8 Å². The van der Waals surface area contributed by atoms with Crippen molar-refractivity contribution in [1.29, 1.82) is 0 Å². The van der Waals surface area contributed by atoms with Crippen molar-refractivity contribution in [1.82, 2.24) is 10.3 Å². The number of nitrogens with zero attached hydrogens (tertiary/aromatic N) is 1. The summed E-state index contributed by atoms with van der Waals surface area (Å²) in [6, 6.07) is 4.30. The minimum absolute atomic E-state index is 0.0775. The second-order valence-corrected chi connectivity index (χ2v) is 5.51. The van der Waals surface area contributed by atoms with Crippen LogP contribution in [-0.4, -0.2) is 41.7 Å². The highest BCUT2D eigenvalue weighted by Crippen LogP contribution is 2.21. The fourth-order valence-corrected chi connectivity index (χ4v) is 1.70. The predicted molar refractivity (Wildman–Crippen MR) is 73.8 cm³/mol. The van der Waals surface area contributed by atoms with Crippen LogP contribution >= 0.6 is 0 Å². The molecule has 0 aliphatic rings. The van der Waals surface area contributed by atoms with Crippen molar-refractivity contribution in [3.63, 3.8) is 0 Å². The standard InChI is InChI=1S/C14H20N2O4/c1-14(2,3)11(20-4)8-15-12(17)9-6-5-7-10(16-9)13(18)19/h5-7,11H,8H2,1-4H3,(H,15,17)(H,18,19). The van der Waals surface area contributed by atoms with Crippen molar-refractivity contribution in [3.8, 4) is 0 Å². The number of nitrogens with one attached hydrogen (secondary N) is 1. The van der Waals surface area contributed by atoms with Gasteiger partial charge in [0.05, 0.1) is 6.10 Å². The topological polar surface area (TPSA) is 88.5 Å². The lowest BCUT2D eigenvalue weighted by Crippen LogP contribution is -2.40. The van der Waals surface area contributed by atoms with Gasteiger partial charge in [0, 0.05) is 13.7 Å². The number of aromatic carboxylic acids is 1. The second-order valence-electron chi connectivity index (χ2n) is 5.51. The normalized spacial score (nSPS) is 12.8. The van der Waals surface area contributed by atoms with Gasteiger partial charge in [-0.15, -0.1) is 0 Å². The van der Waals surface area contributed by atoms with Crippen molar-refractivity contribution in [2.45, 2.75) is 26.9 Å². The summed E-state index contributed by atoms with van der Waals surface area (Å²) in [5.74, 6) is -1.58. The molecule has 0 fully saturated rings. The van der Waals surface area contributed by atoms with E-state index in [0.29, 0.717) is 6.54 Å². The molecule has 0 radical (unpaired) electrons. The molecular formula is C14H20N2O4. The highest BCUT2D eigenvalue weighted by molar-refractivity contribution is 5.94. The van der Waals surface area contributed by atoms with Crippen LogP contribution < -0.4 is 5.32 Å². The maximum atomic E-state index is 11.9. The van der Waals surface area contributed by atoms with Crippen LogP contribution in [0.4, 0.5) is 0 Å². The van der Waals surface area contributed by atoms with Crippen molar-refractivity contribution in [2.24, 2.45) is 5.41 Å². The number of pyridine rings is 1. The number of methoxy groups -OCH3 is 1. The zero-order chi connectivity index (χ0) is 15.3. The van der Waals surface area contributed by atoms with E-state index in [1.165, 1.54) is 18.2 Å². The van der Waals surface area contributed by atoms with Crippen LogP contribution in [0.25, 0.3) is 0 Å². The number of amides is 1. The van der Waals surface area contributed by atoms with Gasteiger partial charge < -0.3 is 15.2 Å². The third-order valence-corrected chi connectivity index (χ3v) is 2.90. The van der Waals surface area contributed by atoms with Gasteiger partial charge in [-0.2, -0.15) is 0 Å². The highest BCUT2D eigenvalue weighted by atomic mass is 16.5. The Morgan fingerprint density at radius 3 is 2.45 bits per heavy atom. The Balaban J connectivity index is 2.72. The summed E-state index contributed by atoms with van der Waals surface area (Å²) in [6.07, 6.45) is -0.144. The molecule has 0 bridgehead atoms. The van der Waals surface area contributed by atoms with Gasteiger partial charge in [-0.25, -0.2) is 9.78 Å². The Kier molecular flexibility index (Phi) is 5.21. The van der Waals surface area contributed by atoms with Crippen molar-refractivity contribution >= 4 is 11.9 Å². The maximum Gasteiger partial charge on any atom is 0.354 e. The molecule has 6 nitrogen and oxygen atoms in total. The van der Waals surface area contributed by atoms with Crippen LogP contribution in [0.2, 0.25) is 0 Å². The average molecular weight is 280 g/mol. The Labute approximate surface area is 118 Å². The molecule has 110 valence electrons. The molecule has 1 rings (SSSR count). The van der Waals surface area contributed by atoms with Gasteiger partial charge in [-0.05, 0) is 17.5 Å². The monoisotopic (exact) mass is 280 g/mol. The first-order valence-corrected chi connectivity index (χ1v) is 6.27. The molecule has 0 aliphatic carbocycles. The minimum Gasteiger partial charge on any atom is -0.477 e. The molecule has 0 saturated carbocycles. The summed E-state index contributed by atoms with van der Waals surface area (Å²) < 4.78 is 5.33. The SMILES string of the molecule is COC(CNC(=O)c1cccc(C(=O)O)n1)C(C)(C)C. The van der Waals surface area contributed by atoms with E-state index in [1.54, 1.807) is 7.11 Å². The molecule has 0 aliphatic heterocycles. The molecule has 2 N–H and O–H groups in total. The summed E-state index contributed by atoms with van der Waals surface area (Å²) >= 11 is 0. The Hall–Kier alpha value is -1.95. The molecule has 1 aromatic heterocycles. The molecule has 1 unspecified atom stereocenters. The Morgan fingerprint density at radius 2 is 1.95 bits per heavy atom. The number of ether oxygens (including phenoxy) is 1. The van der Waals surface area contributed by atoms with Crippen LogP contribution in [0.3, 0.4) is 0 Å². The molecule has 0 aromatic carbocycles. The molecule has 20 heavy (non-hydrogen) atoms. The predicted octanol–water partition coefficient (Wildman–Crippen LogP) is 1.57. The lowest BCUT2D eigenvalue weighted by molar-refractivity contribution is 0.0175. The number of carboxylic acid groups (broad SMARTS) is 1. The number of aromatic nitrogens is 1. The van der Waals surface area contributed by atoms with Crippen LogP contribution in [0.1, 0.15) is 41.7 Å². The lowest BCUT2D eigenvalue weighted by Gasteiger charge is -2.29. The Bertz CT molecular complexity index is 494. The van der Waals surface area contributed by atoms with Gasteiger partial charge in [-0.1, -0.05) is 26.8 Å². The van der Waals surface area contributed by atoms with Gasteiger partial charge in [0.2, 0.25) is 0 Å². The van der Waals surface area contributed by atoms with Crippen LogP contribution in [0.15, 0.2) is 18.2 Å². The Morgan fingerprint density at radius 1 is 1.35 bits per heavy atom. The third kappa shape index (κ3) is 4.31. The summed E-state index contributed by atoms with van der Waals surface area (Å²) in [6.45, 7) is 6.36. The van der Waals surface area contributed by atoms with Gasteiger partial charge >= 0.3 is 5.97 Å². The second kappa shape index (κ2) is 6.47. The van der Waals surface area contributed by atoms with Gasteiger partial charge in [0.1, 0.15) is 11.4 Å². The van der Waals surface area contributed by atoms with E-state index in [2.05, 4.69) is 10.3 Å². The van der Waals surface area contributed by atoms with Gasteiger partial charge in [0.25, 0.3) is 5.91 Å². The molecule has 6 heteroatoms. The fourth-order valence-electron chi connectivity index (χ4n) is 1.70. The quantitative estimate of drug-likeness (QED) is 0.854. The van der Waals surface area contributed by atoms with Crippen LogP contribution in [0.5, 0.6) is 0 Å². The largest absolute Gasteiger partial charge is 0.477 e. The number of carbonyl (C=O) groups is 2. The fraction of sp³-hybridized carbons (Fsp3) is 0.500. The molecule has 1 atom stereocenters. The summed E-state index contributed by atoms with van der Waals surface area (Å²) in [7, 11) is 1.59. The summed E-state index contributed by atoms with van der Waals surface area (Å²) in [5, 5.41) is 11.5.